The van der Waals surface area contributed by atoms with E-state index < -0.39 is 0 Å². The zero-order valence-corrected chi connectivity index (χ0v) is 24.9. The van der Waals surface area contributed by atoms with Crippen LogP contribution in [0.2, 0.25) is 0 Å². The van der Waals surface area contributed by atoms with Crippen LogP contribution in [0.1, 0.15) is 83.6 Å². The van der Waals surface area contributed by atoms with E-state index in [0.717, 1.165) is 47.0 Å². The molecule has 5 rings (SSSR count). The van der Waals surface area contributed by atoms with Gasteiger partial charge in [0.1, 0.15) is 0 Å². The van der Waals surface area contributed by atoms with Gasteiger partial charge in [-0.1, -0.05) is 12.0 Å². The van der Waals surface area contributed by atoms with Crippen LogP contribution >= 0.6 is 18.6 Å². The standard InChI is InChI=1S/C30H42I2N/c1-4-21-6-5-7-24(19-21)33-20(2)28-12-13-29-27-11-9-23-18-22(15-17-32-31)8-10-25(23)26(27)14-16-30(28,29)3/h1,5-7,19-20,22-23,25-29,33H,8-18H2,2-3H3/q-1/t20-,22-,23-,25+,26-,27-,28-,29+,30-/m1/s1. The predicted molar refractivity (Wildman–Crippen MR) is 145 cm³/mol. The van der Waals surface area contributed by atoms with Gasteiger partial charge in [-0.2, -0.15) is 0 Å². The van der Waals surface area contributed by atoms with Gasteiger partial charge in [-0.05, 0) is 25.1 Å². The van der Waals surface area contributed by atoms with Crippen molar-refractivity contribution >= 4 is 24.3 Å². The molecule has 4 fully saturated rings. The van der Waals surface area contributed by atoms with Gasteiger partial charge in [0.2, 0.25) is 0 Å². The van der Waals surface area contributed by atoms with Crippen LogP contribution in [0.4, 0.5) is 5.69 Å². The molecular weight excluding hydrogens is 628 g/mol. The number of fused-ring (bicyclic) bond motifs is 5. The van der Waals surface area contributed by atoms with Gasteiger partial charge in [0, 0.05) is 11.3 Å². The van der Waals surface area contributed by atoms with Crippen LogP contribution in [-0.4, -0.2) is 10.5 Å². The largest absolute Gasteiger partial charge is 0.0232 e. The number of halogens is 2. The number of benzene rings is 1. The first-order valence-electron chi connectivity index (χ1n) is 13.6. The van der Waals surface area contributed by atoms with E-state index in [2.05, 4.69) is 61.9 Å². The molecule has 1 aromatic rings. The molecular formula is C30H42I2N-. The molecule has 33 heavy (non-hydrogen) atoms. The SMILES string of the molecule is C#Cc1cccc(N[C@H](C)[C@H]2CC[C@H]3[C@@H]4CC[C@@H]5C[C@@H](CC[I-]I)CC[C@@H]5[C@H]4CC[C@]23C)c1. The molecule has 0 spiro atoms. The molecule has 0 amide bonds. The zero-order chi connectivity index (χ0) is 23.0. The van der Waals surface area contributed by atoms with Crippen molar-refractivity contribution in [3.05, 3.63) is 29.8 Å². The number of anilines is 1. The second kappa shape index (κ2) is 10.6. The molecule has 3 heteroatoms. The molecule has 1 nitrogen and oxygen atoms in total. The predicted octanol–water partition coefficient (Wildman–Crippen LogP) is 5.18. The van der Waals surface area contributed by atoms with Gasteiger partial charge >= 0.3 is 164 Å². The molecule has 1 N–H and O–H groups in total. The first-order chi connectivity index (χ1) is 16.0. The van der Waals surface area contributed by atoms with Gasteiger partial charge in [0.15, 0.2) is 0 Å². The van der Waals surface area contributed by atoms with E-state index in [-0.39, 0.29) is 0 Å². The third-order valence-corrected chi connectivity index (χ3v) is 14.5. The van der Waals surface area contributed by atoms with Gasteiger partial charge in [-0.15, -0.1) is 6.42 Å². The third kappa shape index (κ3) is 4.87. The fourth-order valence-electron chi connectivity index (χ4n) is 9.33. The Labute approximate surface area is 222 Å². The molecule has 0 aliphatic heterocycles. The van der Waals surface area contributed by atoms with Gasteiger partial charge in [0.05, 0.1) is 0 Å². The second-order valence-corrected chi connectivity index (χ2v) is 17.6. The molecule has 9 atom stereocenters. The Bertz CT molecular complexity index is 861. The Morgan fingerprint density at radius 3 is 2.79 bits per heavy atom. The number of terminal acetylenes is 1. The van der Waals surface area contributed by atoms with E-state index in [9.17, 15) is 0 Å². The molecule has 0 aromatic heterocycles. The van der Waals surface area contributed by atoms with E-state index in [1.165, 1.54) is 37.8 Å². The van der Waals surface area contributed by atoms with Crippen LogP contribution in [-0.2, 0) is 0 Å². The number of alkyl halides is 1. The van der Waals surface area contributed by atoms with E-state index in [1.807, 2.05) is 6.07 Å². The fourth-order valence-corrected chi connectivity index (χ4v) is 12.0. The zero-order valence-electron chi connectivity index (χ0n) is 20.5. The summed E-state index contributed by atoms with van der Waals surface area (Å²) in [6.45, 7) is 5.11. The first kappa shape index (κ1) is 24.7. The van der Waals surface area contributed by atoms with Crippen molar-refractivity contribution in [1.29, 1.82) is 0 Å². The average molecular weight is 670 g/mol. The minimum absolute atomic E-state index is 0.461. The average Bonchev–Trinajstić information content (AvgIpc) is 3.19. The molecule has 0 unspecified atom stereocenters. The van der Waals surface area contributed by atoms with Crippen LogP contribution in [0, 0.1) is 59.2 Å². The minimum Gasteiger partial charge on any atom is -0.0232 e. The Balaban J connectivity index is 1.25. The van der Waals surface area contributed by atoms with Crippen LogP contribution in [0.3, 0.4) is 0 Å². The third-order valence-electron chi connectivity index (χ3n) is 10.8. The molecule has 0 heterocycles. The number of rotatable bonds is 6. The topological polar surface area (TPSA) is 12.0 Å². The maximum Gasteiger partial charge on any atom is -0.0232 e. The smallest absolute Gasteiger partial charge is 0.0232 e. The molecule has 4 saturated carbocycles. The summed E-state index contributed by atoms with van der Waals surface area (Å²) < 4.78 is 1.55. The molecule has 182 valence electrons. The molecule has 0 radical (unpaired) electrons. The van der Waals surface area contributed by atoms with Crippen molar-refractivity contribution in [2.45, 2.75) is 84.1 Å². The Morgan fingerprint density at radius 2 is 1.97 bits per heavy atom. The van der Waals surface area contributed by atoms with Crippen molar-refractivity contribution in [1.82, 2.24) is 0 Å². The van der Waals surface area contributed by atoms with Crippen LogP contribution in [0.15, 0.2) is 24.3 Å². The van der Waals surface area contributed by atoms with E-state index >= 15 is 0 Å². The molecule has 0 saturated heterocycles. The van der Waals surface area contributed by atoms with Crippen LogP contribution in [0.5, 0.6) is 0 Å². The summed E-state index contributed by atoms with van der Waals surface area (Å²) in [5, 5.41) is 3.86. The molecule has 1 aromatic carbocycles. The van der Waals surface area contributed by atoms with E-state index in [4.69, 9.17) is 6.42 Å². The summed E-state index contributed by atoms with van der Waals surface area (Å²) in [6, 6.07) is 8.95. The summed E-state index contributed by atoms with van der Waals surface area (Å²) in [7, 11) is 0. The second-order valence-electron chi connectivity index (χ2n) is 12.1. The summed E-state index contributed by atoms with van der Waals surface area (Å²) in [4.78, 5) is 0. The Morgan fingerprint density at radius 1 is 1.12 bits per heavy atom. The van der Waals surface area contributed by atoms with Crippen LogP contribution in [0.25, 0.3) is 0 Å². The van der Waals surface area contributed by atoms with Gasteiger partial charge in [-0.3, -0.25) is 0 Å². The van der Waals surface area contributed by atoms with E-state index in [1.54, 1.807) is 36.5 Å². The van der Waals surface area contributed by atoms with Gasteiger partial charge in [-0.25, -0.2) is 0 Å². The van der Waals surface area contributed by atoms with Crippen molar-refractivity contribution < 1.29 is 17.2 Å². The summed E-state index contributed by atoms with van der Waals surface area (Å²) >= 11 is 3.13. The van der Waals surface area contributed by atoms with Crippen LogP contribution < -0.4 is 22.5 Å². The minimum atomic E-state index is 0.461. The molecule has 4 aliphatic carbocycles. The van der Waals surface area contributed by atoms with Crippen molar-refractivity contribution in [2.75, 3.05) is 9.74 Å². The monoisotopic (exact) mass is 670 g/mol. The summed E-state index contributed by atoms with van der Waals surface area (Å²) in [6.07, 6.45) is 20.8. The van der Waals surface area contributed by atoms with Crippen molar-refractivity contribution in [3.63, 3.8) is 0 Å². The molecule has 0 bridgehead atoms. The quantitative estimate of drug-likeness (QED) is 0.250. The summed E-state index contributed by atoms with van der Waals surface area (Å²) in [5.74, 6) is 9.81. The number of nitrogens with one attached hydrogen (secondary N) is 1. The normalized spacial score (nSPS) is 40.8. The van der Waals surface area contributed by atoms with Gasteiger partial charge in [0.25, 0.3) is 0 Å². The molecule has 4 aliphatic rings. The maximum atomic E-state index is 5.64. The number of hydrogen-bond donors (Lipinski definition) is 1. The number of hydrogen-bond acceptors (Lipinski definition) is 1. The summed E-state index contributed by atoms with van der Waals surface area (Å²) in [5.41, 5.74) is 2.69. The van der Waals surface area contributed by atoms with Gasteiger partial charge < -0.3 is 5.32 Å². The Kier molecular flexibility index (Phi) is 7.92. The maximum absolute atomic E-state index is 5.64. The fraction of sp³-hybridized carbons (Fsp3) is 0.733. The first-order valence-corrected chi connectivity index (χ1v) is 21.4. The Hall–Kier alpha value is 0.0400. The van der Waals surface area contributed by atoms with Crippen molar-refractivity contribution in [2.24, 2.45) is 46.8 Å². The van der Waals surface area contributed by atoms with Crippen molar-refractivity contribution in [3.8, 4) is 12.3 Å². The van der Waals surface area contributed by atoms with E-state index in [0.29, 0.717) is 28.7 Å².